The second-order valence-electron chi connectivity index (χ2n) is 6.67. The van der Waals surface area contributed by atoms with Crippen molar-refractivity contribution in [1.82, 2.24) is 0 Å². The van der Waals surface area contributed by atoms with Crippen LogP contribution in [0.1, 0.15) is 24.0 Å². The van der Waals surface area contributed by atoms with Gasteiger partial charge < -0.3 is 5.11 Å². The fraction of sp³-hybridized carbons (Fsp3) is 0.143. The smallest absolute Gasteiger partial charge is 0.307 e. The van der Waals surface area contributed by atoms with Crippen LogP contribution in [0.25, 0.3) is 33.0 Å². The van der Waals surface area contributed by atoms with Crippen LogP contribution in [0.3, 0.4) is 0 Å². The van der Waals surface area contributed by atoms with Crippen LogP contribution in [-0.4, -0.2) is 16.9 Å². The van der Waals surface area contributed by atoms with Crippen molar-refractivity contribution in [2.45, 2.75) is 12.8 Å². The highest BCUT2D eigenvalue weighted by Crippen LogP contribution is 2.33. The molecule has 30 heavy (non-hydrogen) atoms. The average molecular weight is 400 g/mol. The summed E-state index contributed by atoms with van der Waals surface area (Å²) in [4.78, 5) is 30.0. The maximum atomic E-state index is 13.0. The average Bonchev–Trinajstić information content (AvgIpc) is 2.74. The molecule has 0 spiro atoms. The van der Waals surface area contributed by atoms with Gasteiger partial charge in [0.25, 0.3) is 0 Å². The molecule has 2 aromatic carbocycles. The molecule has 3 rings (SSSR count). The fourth-order valence-corrected chi connectivity index (χ4v) is 3.20. The van der Waals surface area contributed by atoms with Crippen LogP contribution in [-0.2, 0) is 9.59 Å². The Hall–Kier alpha value is -4.32. The lowest BCUT2D eigenvalue weighted by atomic mass is 9.80. The Balaban J connectivity index is 1.94. The van der Waals surface area contributed by atoms with Gasteiger partial charge in [-0.15, -0.1) is 0 Å². The van der Waals surface area contributed by atoms with Crippen LogP contribution in [0, 0.1) is 5.92 Å². The summed E-state index contributed by atoms with van der Waals surface area (Å²) in [6.07, 6.45) is 3.60. The van der Waals surface area contributed by atoms with Gasteiger partial charge in [-0.3, -0.25) is 9.59 Å². The summed E-state index contributed by atoms with van der Waals surface area (Å²) in [6, 6.07) is 13.3. The lowest BCUT2D eigenvalue weighted by Crippen LogP contribution is -2.25. The Bertz CT molecular complexity index is 1050. The molecule has 0 aromatic heterocycles. The van der Waals surface area contributed by atoms with Crippen molar-refractivity contribution in [3.8, 4) is 0 Å². The minimum absolute atomic E-state index is 0.138. The molecule has 9 nitrogen and oxygen atoms in total. The van der Waals surface area contributed by atoms with Gasteiger partial charge in [0, 0.05) is 32.3 Å². The molecular weight excluding hydrogens is 384 g/mol. The number of aliphatic carboxylic acids is 1. The number of nitrogens with zero attached hydrogens (tertiary/aromatic N) is 6. The van der Waals surface area contributed by atoms with Crippen molar-refractivity contribution in [3.63, 3.8) is 0 Å². The van der Waals surface area contributed by atoms with Gasteiger partial charge in [-0.05, 0) is 47.2 Å². The molecule has 0 bridgehead atoms. The highest BCUT2D eigenvalue weighted by atomic mass is 16.4. The minimum atomic E-state index is -0.961. The van der Waals surface area contributed by atoms with Gasteiger partial charge in [-0.2, -0.15) is 0 Å². The molecule has 9 heteroatoms. The van der Waals surface area contributed by atoms with Gasteiger partial charge >= 0.3 is 5.97 Å². The molecule has 0 aliphatic heterocycles. The van der Waals surface area contributed by atoms with E-state index in [9.17, 15) is 14.7 Å². The number of benzene rings is 2. The maximum absolute atomic E-state index is 13.0. The first-order chi connectivity index (χ1) is 14.5. The second kappa shape index (κ2) is 9.25. The quantitative estimate of drug-likeness (QED) is 0.279. The zero-order chi connectivity index (χ0) is 21.5. The standard InChI is InChI=1S/C21H16N6O3/c22-26-24-18-5-1-13(2-6-18)9-15-11-17(21(29)30)12-16(20(15)28)10-14-3-7-19(8-4-14)25-27-23/h1-10,17H,11-12H2,(H,29,30)/b15-9-,16-10+. The minimum Gasteiger partial charge on any atom is -0.481 e. The number of azide groups is 2. The molecule has 1 fully saturated rings. The highest BCUT2D eigenvalue weighted by molar-refractivity contribution is 6.14. The first kappa shape index (κ1) is 20.4. The van der Waals surface area contributed by atoms with Crippen molar-refractivity contribution < 1.29 is 14.7 Å². The van der Waals surface area contributed by atoms with Crippen molar-refractivity contribution in [3.05, 3.63) is 91.7 Å². The van der Waals surface area contributed by atoms with E-state index >= 15 is 0 Å². The largest absolute Gasteiger partial charge is 0.481 e. The molecule has 0 heterocycles. The maximum Gasteiger partial charge on any atom is 0.307 e. The Morgan fingerprint density at radius 1 is 0.867 bits per heavy atom. The van der Waals surface area contributed by atoms with Crippen LogP contribution in [0.15, 0.2) is 69.9 Å². The van der Waals surface area contributed by atoms with Crippen LogP contribution in [0.2, 0.25) is 0 Å². The van der Waals surface area contributed by atoms with Crippen LogP contribution < -0.4 is 0 Å². The van der Waals surface area contributed by atoms with Gasteiger partial charge in [0.15, 0.2) is 5.78 Å². The monoisotopic (exact) mass is 400 g/mol. The Labute approximate surface area is 171 Å². The molecule has 148 valence electrons. The zero-order valence-corrected chi connectivity index (χ0v) is 15.7. The molecular formula is C21H16N6O3. The predicted molar refractivity (Wildman–Crippen MR) is 112 cm³/mol. The summed E-state index contributed by atoms with van der Waals surface area (Å²) in [5.41, 5.74) is 20.1. The van der Waals surface area contributed by atoms with Crippen LogP contribution in [0.4, 0.5) is 11.4 Å². The number of Topliss-reactive ketones (excluding diaryl/α,β-unsaturated/α-hetero) is 1. The van der Waals surface area contributed by atoms with E-state index in [0.29, 0.717) is 33.6 Å². The van der Waals surface area contributed by atoms with Crippen molar-refractivity contribution in [1.29, 1.82) is 0 Å². The van der Waals surface area contributed by atoms with Gasteiger partial charge in [0.2, 0.25) is 0 Å². The van der Waals surface area contributed by atoms with Crippen molar-refractivity contribution in [2.24, 2.45) is 16.1 Å². The van der Waals surface area contributed by atoms with E-state index in [-0.39, 0.29) is 18.6 Å². The molecule has 1 N–H and O–H groups in total. The molecule has 0 radical (unpaired) electrons. The van der Waals surface area contributed by atoms with E-state index in [0.717, 1.165) is 0 Å². The number of carbonyl (C=O) groups excluding carboxylic acids is 1. The van der Waals surface area contributed by atoms with E-state index in [4.69, 9.17) is 11.1 Å². The number of rotatable bonds is 5. The van der Waals surface area contributed by atoms with Gasteiger partial charge in [-0.1, -0.05) is 58.8 Å². The fourth-order valence-electron chi connectivity index (χ4n) is 3.20. The van der Waals surface area contributed by atoms with E-state index < -0.39 is 11.9 Å². The summed E-state index contributed by atoms with van der Waals surface area (Å²) in [7, 11) is 0. The summed E-state index contributed by atoms with van der Waals surface area (Å²) in [6.45, 7) is 0. The first-order valence-electron chi connectivity index (χ1n) is 8.99. The van der Waals surface area contributed by atoms with Crippen LogP contribution in [0.5, 0.6) is 0 Å². The molecule has 0 saturated heterocycles. The van der Waals surface area contributed by atoms with Crippen molar-refractivity contribution in [2.75, 3.05) is 0 Å². The first-order valence-corrected chi connectivity index (χ1v) is 8.99. The third-order valence-corrected chi connectivity index (χ3v) is 4.65. The Morgan fingerprint density at radius 3 is 1.60 bits per heavy atom. The lowest BCUT2D eigenvalue weighted by Gasteiger charge is -2.22. The van der Waals surface area contributed by atoms with E-state index in [1.54, 1.807) is 60.7 Å². The summed E-state index contributed by atoms with van der Waals surface area (Å²) in [5.74, 6) is -1.87. The third-order valence-electron chi connectivity index (χ3n) is 4.65. The molecule has 1 atom stereocenters. The summed E-state index contributed by atoms with van der Waals surface area (Å²) in [5, 5.41) is 16.5. The predicted octanol–water partition coefficient (Wildman–Crippen LogP) is 6.10. The van der Waals surface area contributed by atoms with Gasteiger partial charge in [0.05, 0.1) is 5.92 Å². The summed E-state index contributed by atoms with van der Waals surface area (Å²) < 4.78 is 0. The normalized spacial score (nSPS) is 18.5. The van der Waals surface area contributed by atoms with Crippen LogP contribution >= 0.6 is 0 Å². The number of ketones is 1. The number of hydrogen-bond donors (Lipinski definition) is 1. The molecule has 1 saturated carbocycles. The number of carbonyl (C=O) groups is 2. The summed E-state index contributed by atoms with van der Waals surface area (Å²) >= 11 is 0. The molecule has 1 aliphatic rings. The van der Waals surface area contributed by atoms with Gasteiger partial charge in [-0.25, -0.2) is 0 Å². The second-order valence-corrected chi connectivity index (χ2v) is 6.67. The van der Waals surface area contributed by atoms with E-state index in [1.165, 1.54) is 0 Å². The molecule has 1 unspecified atom stereocenters. The third kappa shape index (κ3) is 4.94. The SMILES string of the molecule is [N-]=[N+]=Nc1ccc(/C=C2/CC(C(=O)O)C/C(=C\c3ccc(N=[N+]=[N-])cc3)C2=O)cc1. The topological polar surface area (TPSA) is 152 Å². The van der Waals surface area contributed by atoms with Crippen molar-refractivity contribution >= 4 is 35.3 Å². The number of hydrogen-bond acceptors (Lipinski definition) is 4. The lowest BCUT2D eigenvalue weighted by molar-refractivity contribution is -0.142. The van der Waals surface area contributed by atoms with Gasteiger partial charge in [0.1, 0.15) is 0 Å². The molecule has 1 aliphatic carbocycles. The molecule has 2 aromatic rings. The number of carboxylic acid groups (broad SMARTS) is 1. The zero-order valence-electron chi connectivity index (χ0n) is 15.7. The number of carboxylic acids is 1. The Kier molecular flexibility index (Phi) is 6.29. The molecule has 0 amide bonds. The highest BCUT2D eigenvalue weighted by Gasteiger charge is 2.31. The Morgan fingerprint density at radius 2 is 1.27 bits per heavy atom. The number of allylic oxidation sites excluding steroid dienone is 2. The van der Waals surface area contributed by atoms with E-state index in [1.807, 2.05) is 0 Å². The van der Waals surface area contributed by atoms with E-state index in [2.05, 4.69) is 20.1 Å².